The molecule has 0 N–H and O–H groups in total. The summed E-state index contributed by atoms with van der Waals surface area (Å²) in [7, 11) is 0. The lowest BCUT2D eigenvalue weighted by Crippen LogP contribution is -2.52. The number of ether oxygens (including phenoxy) is 1. The molecule has 1 fully saturated rings. The van der Waals surface area contributed by atoms with Gasteiger partial charge in [0.1, 0.15) is 11.9 Å². The Balaban J connectivity index is 2.08. The van der Waals surface area contributed by atoms with E-state index in [-0.39, 0.29) is 24.6 Å². The van der Waals surface area contributed by atoms with E-state index in [1.54, 1.807) is 24.3 Å². The van der Waals surface area contributed by atoms with Gasteiger partial charge in [-0.25, -0.2) is 9.18 Å². The second-order valence-electron chi connectivity index (χ2n) is 3.92. The summed E-state index contributed by atoms with van der Waals surface area (Å²) >= 11 is 0. The molecule has 1 aliphatic heterocycles. The Kier molecular flexibility index (Phi) is 3.08. The van der Waals surface area contributed by atoms with Crippen LogP contribution >= 0.6 is 0 Å². The Bertz CT molecular complexity index is 455. The highest BCUT2D eigenvalue weighted by Crippen LogP contribution is 2.21. The summed E-state index contributed by atoms with van der Waals surface area (Å²) in [4.78, 5) is 24.1. The average molecular weight is 237 g/mol. The van der Waals surface area contributed by atoms with Crippen molar-refractivity contribution in [2.45, 2.75) is 13.1 Å². The Morgan fingerprint density at radius 1 is 1.35 bits per heavy atom. The fraction of sp³-hybridized carbons (Fsp3) is 0.333. The van der Waals surface area contributed by atoms with E-state index in [4.69, 9.17) is 4.74 Å². The van der Waals surface area contributed by atoms with Gasteiger partial charge in [0.15, 0.2) is 5.78 Å². The van der Waals surface area contributed by atoms with Gasteiger partial charge >= 0.3 is 6.09 Å². The van der Waals surface area contributed by atoms with Crippen LogP contribution in [0.4, 0.5) is 9.18 Å². The topological polar surface area (TPSA) is 46.6 Å². The average Bonchev–Trinajstić information content (AvgIpc) is 2.25. The number of carbonyl (C=O) groups excluding carboxylic acids is 2. The predicted molar refractivity (Wildman–Crippen MR) is 58.9 cm³/mol. The van der Waals surface area contributed by atoms with Gasteiger partial charge < -0.3 is 9.64 Å². The van der Waals surface area contributed by atoms with Crippen molar-refractivity contribution in [2.24, 2.45) is 0 Å². The third-order valence-electron chi connectivity index (χ3n) is 2.56. The minimum Gasteiger partial charge on any atom is -0.409 e. The molecule has 0 saturated carbocycles. The molecule has 0 aliphatic carbocycles. The molecule has 0 radical (unpaired) electrons. The second kappa shape index (κ2) is 4.53. The Hall–Kier alpha value is -1.91. The van der Waals surface area contributed by atoms with Crippen LogP contribution in [0.2, 0.25) is 0 Å². The van der Waals surface area contributed by atoms with Gasteiger partial charge in [0, 0.05) is 0 Å². The van der Waals surface area contributed by atoms with E-state index in [1.165, 1.54) is 11.8 Å². The lowest BCUT2D eigenvalue weighted by Gasteiger charge is -2.33. The van der Waals surface area contributed by atoms with Crippen molar-refractivity contribution in [1.29, 1.82) is 0 Å². The zero-order valence-corrected chi connectivity index (χ0v) is 9.35. The van der Waals surface area contributed by atoms with E-state index >= 15 is 0 Å². The van der Waals surface area contributed by atoms with Crippen LogP contribution in [0.15, 0.2) is 24.3 Å². The van der Waals surface area contributed by atoms with E-state index in [1.807, 2.05) is 0 Å². The molecule has 0 spiro atoms. The van der Waals surface area contributed by atoms with Crippen LogP contribution < -0.4 is 4.74 Å². The van der Waals surface area contributed by atoms with Crippen molar-refractivity contribution in [2.75, 3.05) is 13.1 Å². The van der Waals surface area contributed by atoms with Crippen LogP contribution in [0.1, 0.15) is 17.3 Å². The summed E-state index contributed by atoms with van der Waals surface area (Å²) in [5, 5.41) is 0. The monoisotopic (exact) mass is 237 g/mol. The van der Waals surface area contributed by atoms with Gasteiger partial charge in [-0.15, -0.1) is 0 Å². The lowest BCUT2D eigenvalue weighted by atomic mass is 10.1. The Labute approximate surface area is 98.0 Å². The summed E-state index contributed by atoms with van der Waals surface area (Å²) in [6.45, 7) is 1.51. The van der Waals surface area contributed by atoms with Crippen molar-refractivity contribution in [3.8, 4) is 5.75 Å². The van der Waals surface area contributed by atoms with Crippen molar-refractivity contribution in [3.63, 3.8) is 0 Å². The maximum absolute atomic E-state index is 12.6. The summed E-state index contributed by atoms with van der Waals surface area (Å²) in [6, 6.07) is 6.48. The Morgan fingerprint density at radius 2 is 2.00 bits per heavy atom. The van der Waals surface area contributed by atoms with Gasteiger partial charge in [0.25, 0.3) is 0 Å². The van der Waals surface area contributed by atoms with Crippen LogP contribution in [0.5, 0.6) is 5.75 Å². The fourth-order valence-corrected chi connectivity index (χ4v) is 1.58. The summed E-state index contributed by atoms with van der Waals surface area (Å²) in [5.74, 6) is 0.0349. The number of amides is 1. The Morgan fingerprint density at radius 3 is 2.59 bits per heavy atom. The molecule has 17 heavy (non-hydrogen) atoms. The molecule has 1 aromatic rings. The van der Waals surface area contributed by atoms with Crippen LogP contribution in [0.25, 0.3) is 0 Å². The van der Waals surface area contributed by atoms with Gasteiger partial charge in [-0.2, -0.15) is 0 Å². The first-order valence-electron chi connectivity index (χ1n) is 5.28. The largest absolute Gasteiger partial charge is 0.415 e. The molecule has 0 atom stereocenters. The number of halogens is 1. The number of hydrogen-bond acceptors (Lipinski definition) is 3. The maximum atomic E-state index is 12.6. The van der Waals surface area contributed by atoms with Gasteiger partial charge in [-0.05, 0) is 19.1 Å². The van der Waals surface area contributed by atoms with E-state index in [0.717, 1.165) is 0 Å². The molecule has 2 rings (SSSR count). The van der Waals surface area contributed by atoms with E-state index in [2.05, 4.69) is 0 Å². The quantitative estimate of drug-likeness (QED) is 0.739. The number of para-hydroxylation sites is 1. The normalized spacial score (nSPS) is 15.3. The molecule has 0 bridgehead atoms. The highest BCUT2D eigenvalue weighted by atomic mass is 19.1. The third-order valence-corrected chi connectivity index (χ3v) is 2.56. The number of likely N-dealkylation sites (tertiary alicyclic amines) is 1. The zero-order valence-electron chi connectivity index (χ0n) is 9.35. The molecule has 90 valence electrons. The number of rotatable bonds is 2. The zero-order chi connectivity index (χ0) is 12.4. The summed E-state index contributed by atoms with van der Waals surface area (Å²) < 4.78 is 17.6. The third kappa shape index (κ3) is 2.43. The first-order chi connectivity index (χ1) is 8.08. The molecule has 1 aromatic carbocycles. The number of alkyl halides is 1. The molecule has 5 heteroatoms. The second-order valence-corrected chi connectivity index (χ2v) is 3.92. The molecule has 1 aliphatic rings. The van der Waals surface area contributed by atoms with Gasteiger partial charge in [0.2, 0.25) is 0 Å². The van der Waals surface area contributed by atoms with Crippen LogP contribution in [0.3, 0.4) is 0 Å². The molecular formula is C12H12FNO3. The SMILES string of the molecule is CC(=O)c1ccccc1OC(=O)N1CC(F)C1. The number of benzene rings is 1. The van der Waals surface area contributed by atoms with Gasteiger partial charge in [-0.3, -0.25) is 4.79 Å². The van der Waals surface area contributed by atoms with Crippen LogP contribution in [-0.2, 0) is 0 Å². The molecule has 4 nitrogen and oxygen atoms in total. The van der Waals surface area contributed by atoms with Crippen molar-refractivity contribution >= 4 is 11.9 Å². The first kappa shape index (κ1) is 11.6. The van der Waals surface area contributed by atoms with Crippen molar-refractivity contribution in [3.05, 3.63) is 29.8 Å². The number of carbonyl (C=O) groups is 2. The number of ketones is 1. The molecule has 1 heterocycles. The van der Waals surface area contributed by atoms with E-state index in [9.17, 15) is 14.0 Å². The number of hydrogen-bond donors (Lipinski definition) is 0. The maximum Gasteiger partial charge on any atom is 0.415 e. The smallest absolute Gasteiger partial charge is 0.409 e. The predicted octanol–water partition coefficient (Wildman–Crippen LogP) is 2.04. The highest BCUT2D eigenvalue weighted by molar-refractivity contribution is 5.97. The summed E-state index contributed by atoms with van der Waals surface area (Å²) in [6.07, 6.45) is -1.58. The van der Waals surface area contributed by atoms with Crippen LogP contribution in [0, 0.1) is 0 Å². The molecule has 1 amide bonds. The number of nitrogens with zero attached hydrogens (tertiary/aromatic N) is 1. The minimum atomic E-state index is -0.967. The van der Waals surface area contributed by atoms with Crippen molar-refractivity contribution < 1.29 is 18.7 Å². The summed E-state index contributed by atoms with van der Waals surface area (Å²) in [5.41, 5.74) is 0.346. The molecule has 0 unspecified atom stereocenters. The van der Waals surface area contributed by atoms with E-state index in [0.29, 0.717) is 5.56 Å². The highest BCUT2D eigenvalue weighted by Gasteiger charge is 2.32. The fourth-order valence-electron chi connectivity index (χ4n) is 1.58. The molecule has 0 aromatic heterocycles. The van der Waals surface area contributed by atoms with E-state index < -0.39 is 12.3 Å². The number of Topliss-reactive ketones (excluding diaryl/α,β-unsaturated/α-hetero) is 1. The lowest BCUT2D eigenvalue weighted by molar-refractivity contribution is 0.0648. The van der Waals surface area contributed by atoms with Crippen molar-refractivity contribution in [1.82, 2.24) is 4.90 Å². The molecular weight excluding hydrogens is 225 g/mol. The first-order valence-corrected chi connectivity index (χ1v) is 5.28. The minimum absolute atomic E-state index is 0.0566. The van der Waals surface area contributed by atoms with Gasteiger partial charge in [0.05, 0.1) is 18.7 Å². The van der Waals surface area contributed by atoms with Gasteiger partial charge in [-0.1, -0.05) is 12.1 Å². The molecule has 1 saturated heterocycles. The standard InChI is InChI=1S/C12H12FNO3/c1-8(15)10-4-2-3-5-11(10)17-12(16)14-6-9(13)7-14/h2-5,9H,6-7H2,1H3. The van der Waals surface area contributed by atoms with Crippen LogP contribution in [-0.4, -0.2) is 36.0 Å².